The number of benzene rings is 1. The molecule has 1 N–H and O–H groups in total. The number of nitrogens with zero attached hydrogens (tertiary/aromatic N) is 4. The molecule has 4 rings (SSSR count). The highest BCUT2D eigenvalue weighted by molar-refractivity contribution is 5.71. The summed E-state index contributed by atoms with van der Waals surface area (Å²) in [5, 5.41) is 3.18. The monoisotopic (exact) mass is 321 g/mol. The highest BCUT2D eigenvalue weighted by atomic mass is 16.1. The predicted molar refractivity (Wildman–Crippen MR) is 93.6 cm³/mol. The van der Waals surface area contributed by atoms with Gasteiger partial charge in [0.15, 0.2) is 5.65 Å². The van der Waals surface area contributed by atoms with Gasteiger partial charge in [0.2, 0.25) is 5.95 Å². The van der Waals surface area contributed by atoms with E-state index in [4.69, 9.17) is 0 Å². The first-order chi connectivity index (χ1) is 11.7. The van der Waals surface area contributed by atoms with Gasteiger partial charge in [0.25, 0.3) is 5.56 Å². The first-order valence-corrected chi connectivity index (χ1v) is 8.30. The molecule has 1 saturated carbocycles. The summed E-state index contributed by atoms with van der Waals surface area (Å²) in [7, 11) is 0. The van der Waals surface area contributed by atoms with Crippen LogP contribution in [0.2, 0.25) is 0 Å². The summed E-state index contributed by atoms with van der Waals surface area (Å²) in [4.78, 5) is 26.0. The summed E-state index contributed by atoms with van der Waals surface area (Å²) in [5.41, 5.74) is 2.65. The highest BCUT2D eigenvalue weighted by Crippen LogP contribution is 2.30. The van der Waals surface area contributed by atoms with E-state index in [0.29, 0.717) is 22.8 Å². The van der Waals surface area contributed by atoms with E-state index in [1.54, 1.807) is 13.1 Å². The van der Waals surface area contributed by atoms with Gasteiger partial charge < -0.3 is 5.32 Å². The first-order valence-electron chi connectivity index (χ1n) is 8.30. The molecule has 2 aromatic heterocycles. The van der Waals surface area contributed by atoms with Crippen LogP contribution in [-0.4, -0.2) is 19.5 Å². The lowest BCUT2D eigenvalue weighted by atomic mass is 10.2. The Morgan fingerprint density at radius 3 is 2.62 bits per heavy atom. The maximum atomic E-state index is 12.7. The third-order valence-corrected chi connectivity index (χ3v) is 4.51. The minimum atomic E-state index is -0.0428. The second kappa shape index (κ2) is 6.03. The molecule has 122 valence electrons. The number of nitrogens with one attached hydrogen (secondary N) is 1. The third-order valence-electron chi connectivity index (χ3n) is 4.51. The zero-order valence-corrected chi connectivity index (χ0v) is 13.6. The standard InChI is InChI=1S/C18H19N5O/c1-12-17(24)23(14-9-5-6-10-14)16-15(20-12)11-19-18(22-16)21-13-7-3-2-4-8-13/h2-4,7-8,11,14H,5-6,9-10H2,1H3,(H,19,21,22). The minimum Gasteiger partial charge on any atom is -0.324 e. The van der Waals surface area contributed by atoms with Crippen LogP contribution in [0, 0.1) is 6.92 Å². The van der Waals surface area contributed by atoms with E-state index >= 15 is 0 Å². The van der Waals surface area contributed by atoms with Gasteiger partial charge in [0.1, 0.15) is 11.2 Å². The molecule has 6 heteroatoms. The van der Waals surface area contributed by atoms with Crippen molar-refractivity contribution in [3.63, 3.8) is 0 Å². The molecule has 0 bridgehead atoms. The SMILES string of the molecule is Cc1nc2cnc(Nc3ccccc3)nc2n(C2CCCC2)c1=O. The molecule has 1 aromatic carbocycles. The molecule has 24 heavy (non-hydrogen) atoms. The van der Waals surface area contributed by atoms with Crippen molar-refractivity contribution in [1.82, 2.24) is 19.5 Å². The van der Waals surface area contributed by atoms with Gasteiger partial charge in [-0.25, -0.2) is 9.97 Å². The topological polar surface area (TPSA) is 72.7 Å². The number of hydrogen-bond acceptors (Lipinski definition) is 5. The number of aromatic nitrogens is 4. The molecule has 6 nitrogen and oxygen atoms in total. The second-order valence-electron chi connectivity index (χ2n) is 6.20. The van der Waals surface area contributed by atoms with Crippen molar-refractivity contribution in [3.8, 4) is 0 Å². The molecule has 0 radical (unpaired) electrons. The summed E-state index contributed by atoms with van der Waals surface area (Å²) in [6.07, 6.45) is 6.03. The maximum absolute atomic E-state index is 12.7. The van der Waals surface area contributed by atoms with Crippen LogP contribution in [0.15, 0.2) is 41.3 Å². The lowest BCUT2D eigenvalue weighted by molar-refractivity contribution is 0.511. The zero-order valence-electron chi connectivity index (χ0n) is 13.6. The first kappa shape index (κ1) is 14.8. The average molecular weight is 321 g/mol. The van der Waals surface area contributed by atoms with Crippen LogP contribution < -0.4 is 10.9 Å². The highest BCUT2D eigenvalue weighted by Gasteiger charge is 2.22. The molecule has 0 spiro atoms. The van der Waals surface area contributed by atoms with Gasteiger partial charge in [-0.05, 0) is 31.9 Å². The Bertz CT molecular complexity index is 929. The number of rotatable bonds is 3. The molecule has 3 aromatic rings. The molecule has 1 aliphatic rings. The van der Waals surface area contributed by atoms with Crippen molar-refractivity contribution in [3.05, 3.63) is 52.6 Å². The van der Waals surface area contributed by atoms with E-state index < -0.39 is 0 Å². The van der Waals surface area contributed by atoms with Gasteiger partial charge in [0, 0.05) is 11.7 Å². The summed E-state index contributed by atoms with van der Waals surface area (Å²) in [6, 6.07) is 9.96. The molecule has 0 atom stereocenters. The van der Waals surface area contributed by atoms with Crippen LogP contribution in [0.4, 0.5) is 11.6 Å². The normalized spacial score (nSPS) is 15.0. The summed E-state index contributed by atoms with van der Waals surface area (Å²) in [6.45, 7) is 1.75. The van der Waals surface area contributed by atoms with E-state index in [1.807, 2.05) is 34.9 Å². The number of fused-ring (bicyclic) bond motifs is 1. The molecule has 0 unspecified atom stereocenters. The summed E-state index contributed by atoms with van der Waals surface area (Å²) in [5.74, 6) is 0.477. The largest absolute Gasteiger partial charge is 0.324 e. The van der Waals surface area contributed by atoms with E-state index in [1.165, 1.54) is 0 Å². The van der Waals surface area contributed by atoms with Gasteiger partial charge in [-0.15, -0.1) is 0 Å². The number of aryl methyl sites for hydroxylation is 1. The Balaban J connectivity index is 1.84. The Hall–Kier alpha value is -2.76. The molecule has 0 aliphatic heterocycles. The molecule has 1 fully saturated rings. The van der Waals surface area contributed by atoms with Crippen LogP contribution in [0.25, 0.3) is 11.2 Å². The van der Waals surface area contributed by atoms with Crippen LogP contribution in [-0.2, 0) is 0 Å². The van der Waals surface area contributed by atoms with E-state index in [0.717, 1.165) is 31.4 Å². The average Bonchev–Trinajstić information content (AvgIpc) is 3.11. The van der Waals surface area contributed by atoms with Crippen LogP contribution >= 0.6 is 0 Å². The molecule has 1 aliphatic carbocycles. The zero-order chi connectivity index (χ0) is 16.5. The smallest absolute Gasteiger partial charge is 0.273 e. The number of hydrogen-bond donors (Lipinski definition) is 1. The Morgan fingerprint density at radius 1 is 1.12 bits per heavy atom. The van der Waals surface area contributed by atoms with Crippen molar-refractivity contribution in [1.29, 1.82) is 0 Å². The van der Waals surface area contributed by atoms with Crippen molar-refractivity contribution in [2.45, 2.75) is 38.6 Å². The molecule has 0 amide bonds. The van der Waals surface area contributed by atoms with Crippen LogP contribution in [0.1, 0.15) is 37.4 Å². The number of anilines is 2. The third kappa shape index (κ3) is 2.64. The van der Waals surface area contributed by atoms with Crippen molar-refractivity contribution >= 4 is 22.8 Å². The Morgan fingerprint density at radius 2 is 1.88 bits per heavy atom. The summed E-state index contributed by atoms with van der Waals surface area (Å²) < 4.78 is 1.82. The minimum absolute atomic E-state index is 0.0428. The lowest BCUT2D eigenvalue weighted by Gasteiger charge is -2.16. The lowest BCUT2D eigenvalue weighted by Crippen LogP contribution is -2.27. The predicted octanol–water partition coefficient (Wildman–Crippen LogP) is 3.35. The fourth-order valence-corrected chi connectivity index (χ4v) is 3.33. The van der Waals surface area contributed by atoms with E-state index in [-0.39, 0.29) is 11.6 Å². The number of para-hydroxylation sites is 1. The molecule has 2 heterocycles. The fraction of sp³-hybridized carbons (Fsp3) is 0.333. The molecule has 0 saturated heterocycles. The molecular weight excluding hydrogens is 302 g/mol. The van der Waals surface area contributed by atoms with Crippen molar-refractivity contribution < 1.29 is 0 Å². The van der Waals surface area contributed by atoms with Crippen LogP contribution in [0.3, 0.4) is 0 Å². The van der Waals surface area contributed by atoms with Gasteiger partial charge in [-0.2, -0.15) is 4.98 Å². The van der Waals surface area contributed by atoms with Gasteiger partial charge in [-0.3, -0.25) is 9.36 Å². The molecular formula is C18H19N5O. The second-order valence-corrected chi connectivity index (χ2v) is 6.20. The van der Waals surface area contributed by atoms with Crippen molar-refractivity contribution in [2.75, 3.05) is 5.32 Å². The van der Waals surface area contributed by atoms with E-state index in [2.05, 4.69) is 20.3 Å². The quantitative estimate of drug-likeness (QED) is 0.801. The Labute approximate surface area is 139 Å². The van der Waals surface area contributed by atoms with Gasteiger partial charge >= 0.3 is 0 Å². The Kier molecular flexibility index (Phi) is 3.72. The maximum Gasteiger partial charge on any atom is 0.273 e. The van der Waals surface area contributed by atoms with Gasteiger partial charge in [0.05, 0.1) is 6.20 Å². The summed E-state index contributed by atoms with van der Waals surface area (Å²) >= 11 is 0. The van der Waals surface area contributed by atoms with Crippen molar-refractivity contribution in [2.24, 2.45) is 0 Å². The van der Waals surface area contributed by atoms with Crippen LogP contribution in [0.5, 0.6) is 0 Å². The fourth-order valence-electron chi connectivity index (χ4n) is 3.33. The van der Waals surface area contributed by atoms with E-state index in [9.17, 15) is 4.79 Å². The van der Waals surface area contributed by atoms with Gasteiger partial charge in [-0.1, -0.05) is 31.0 Å².